The molecule has 5 heteroatoms. The lowest BCUT2D eigenvalue weighted by Gasteiger charge is -2.25. The third-order valence-corrected chi connectivity index (χ3v) is 2.56. The van der Waals surface area contributed by atoms with Crippen LogP contribution in [0.3, 0.4) is 0 Å². The maximum Gasteiger partial charge on any atom is 0.242 e. The Morgan fingerprint density at radius 2 is 2.25 bits per heavy atom. The molecule has 1 rings (SSSR count). The summed E-state index contributed by atoms with van der Waals surface area (Å²) in [5.74, 6) is 0.457. The lowest BCUT2D eigenvalue weighted by atomic mass is 9.87. The molecule has 0 aliphatic heterocycles. The van der Waals surface area contributed by atoms with Gasteiger partial charge >= 0.3 is 0 Å². The molecule has 1 unspecified atom stereocenters. The molecule has 0 bridgehead atoms. The van der Waals surface area contributed by atoms with Gasteiger partial charge in [0.1, 0.15) is 5.82 Å². The highest BCUT2D eigenvalue weighted by Crippen LogP contribution is 2.19. The van der Waals surface area contributed by atoms with E-state index in [0.29, 0.717) is 5.82 Å². The summed E-state index contributed by atoms with van der Waals surface area (Å²) in [7, 11) is 0. The zero-order valence-corrected chi connectivity index (χ0v) is 10.3. The number of nitrogens with one attached hydrogen (secondary N) is 2. The van der Waals surface area contributed by atoms with E-state index in [4.69, 9.17) is 5.73 Å². The average molecular weight is 224 g/mol. The van der Waals surface area contributed by atoms with Crippen molar-refractivity contribution in [1.29, 1.82) is 0 Å². The fourth-order valence-corrected chi connectivity index (χ4v) is 1.28. The van der Waals surface area contributed by atoms with Crippen LogP contribution in [0.4, 0.5) is 5.82 Å². The summed E-state index contributed by atoms with van der Waals surface area (Å²) in [5.41, 5.74) is 6.58. The number of nitrogens with two attached hydrogens (primary N) is 1. The van der Waals surface area contributed by atoms with Gasteiger partial charge in [-0.2, -0.15) is 5.10 Å². The summed E-state index contributed by atoms with van der Waals surface area (Å²) in [6.07, 6.45) is 2.52. The van der Waals surface area contributed by atoms with Gasteiger partial charge in [-0.05, 0) is 11.8 Å². The Bertz CT molecular complexity index is 364. The van der Waals surface area contributed by atoms with E-state index in [0.717, 1.165) is 12.0 Å². The van der Waals surface area contributed by atoms with Crippen molar-refractivity contribution in [3.05, 3.63) is 11.8 Å². The molecule has 1 amide bonds. The van der Waals surface area contributed by atoms with Gasteiger partial charge in [-0.15, -0.1) is 0 Å². The fourth-order valence-electron chi connectivity index (χ4n) is 1.28. The number of aromatic nitrogens is 2. The molecule has 4 N–H and O–H groups in total. The molecule has 1 aromatic heterocycles. The van der Waals surface area contributed by atoms with Crippen molar-refractivity contribution in [3.63, 3.8) is 0 Å². The van der Waals surface area contributed by atoms with E-state index in [1.807, 2.05) is 27.7 Å². The van der Waals surface area contributed by atoms with Gasteiger partial charge in [-0.3, -0.25) is 9.89 Å². The number of carbonyl (C=O) groups is 1. The molecular weight excluding hydrogens is 204 g/mol. The van der Waals surface area contributed by atoms with Crippen LogP contribution in [-0.2, 0) is 11.2 Å². The number of rotatable bonds is 3. The van der Waals surface area contributed by atoms with E-state index in [1.54, 1.807) is 6.20 Å². The minimum Gasteiger partial charge on any atom is -0.319 e. The Morgan fingerprint density at radius 3 is 2.75 bits per heavy atom. The monoisotopic (exact) mass is 224 g/mol. The maximum absolute atomic E-state index is 11.8. The summed E-state index contributed by atoms with van der Waals surface area (Å²) < 4.78 is 0. The summed E-state index contributed by atoms with van der Waals surface area (Å²) in [5, 5.41) is 9.41. The third kappa shape index (κ3) is 2.82. The molecule has 0 fully saturated rings. The summed E-state index contributed by atoms with van der Waals surface area (Å²) in [6, 6.07) is -0.541. The number of amides is 1. The van der Waals surface area contributed by atoms with Crippen LogP contribution >= 0.6 is 0 Å². The van der Waals surface area contributed by atoms with Crippen LogP contribution in [0.2, 0.25) is 0 Å². The topological polar surface area (TPSA) is 83.8 Å². The molecule has 0 radical (unpaired) electrons. The predicted octanol–water partition coefficient (Wildman–Crippen LogP) is 1.28. The van der Waals surface area contributed by atoms with Gasteiger partial charge in [-0.1, -0.05) is 27.7 Å². The lowest BCUT2D eigenvalue weighted by molar-refractivity contribution is -0.119. The van der Waals surface area contributed by atoms with Crippen LogP contribution < -0.4 is 11.1 Å². The fraction of sp³-hybridized carbons (Fsp3) is 0.636. The van der Waals surface area contributed by atoms with Crippen molar-refractivity contribution in [2.24, 2.45) is 11.1 Å². The number of H-pyrrole nitrogens is 1. The summed E-state index contributed by atoms with van der Waals surface area (Å²) in [6.45, 7) is 7.81. The first-order valence-corrected chi connectivity index (χ1v) is 5.45. The molecule has 0 aliphatic rings. The first kappa shape index (κ1) is 12.7. The Kier molecular flexibility index (Phi) is 3.70. The molecule has 0 spiro atoms. The van der Waals surface area contributed by atoms with E-state index < -0.39 is 6.04 Å². The van der Waals surface area contributed by atoms with Crippen molar-refractivity contribution >= 4 is 11.7 Å². The van der Waals surface area contributed by atoms with Gasteiger partial charge < -0.3 is 11.1 Å². The van der Waals surface area contributed by atoms with Crippen molar-refractivity contribution in [2.75, 3.05) is 5.32 Å². The van der Waals surface area contributed by atoms with Gasteiger partial charge in [-0.25, -0.2) is 0 Å². The molecule has 90 valence electrons. The molecule has 1 heterocycles. The number of hydrogen-bond donors (Lipinski definition) is 3. The number of hydrogen-bond acceptors (Lipinski definition) is 3. The normalized spacial score (nSPS) is 13.6. The largest absolute Gasteiger partial charge is 0.319 e. The number of anilines is 1. The number of aryl methyl sites for hydroxylation is 1. The number of nitrogens with zero attached hydrogens (tertiary/aromatic N) is 1. The predicted molar refractivity (Wildman–Crippen MR) is 64.0 cm³/mol. The van der Waals surface area contributed by atoms with Crippen molar-refractivity contribution in [3.8, 4) is 0 Å². The third-order valence-electron chi connectivity index (χ3n) is 2.56. The second-order valence-electron chi connectivity index (χ2n) is 4.96. The molecule has 0 saturated heterocycles. The maximum atomic E-state index is 11.8. The molecule has 16 heavy (non-hydrogen) atoms. The van der Waals surface area contributed by atoms with Crippen molar-refractivity contribution in [2.45, 2.75) is 40.2 Å². The number of carbonyl (C=O) groups excluding carboxylic acids is 1. The van der Waals surface area contributed by atoms with E-state index in [2.05, 4.69) is 15.5 Å². The van der Waals surface area contributed by atoms with Crippen LogP contribution in [-0.4, -0.2) is 22.1 Å². The standard InChI is InChI=1S/C11H20N4O/c1-5-7-6-13-15-9(7)14-10(16)8(12)11(2,3)4/h6,8H,5,12H2,1-4H3,(H2,13,14,15,16). The molecule has 5 nitrogen and oxygen atoms in total. The van der Waals surface area contributed by atoms with Crippen LogP contribution in [0.1, 0.15) is 33.3 Å². The highest BCUT2D eigenvalue weighted by Gasteiger charge is 2.27. The van der Waals surface area contributed by atoms with Crippen LogP contribution in [0.25, 0.3) is 0 Å². The van der Waals surface area contributed by atoms with Crippen molar-refractivity contribution in [1.82, 2.24) is 10.2 Å². The van der Waals surface area contributed by atoms with E-state index >= 15 is 0 Å². The van der Waals surface area contributed by atoms with Gasteiger partial charge in [0.05, 0.1) is 12.2 Å². The van der Waals surface area contributed by atoms with Crippen LogP contribution in [0.15, 0.2) is 6.20 Å². The first-order valence-electron chi connectivity index (χ1n) is 5.45. The molecule has 1 aromatic rings. The minimum absolute atomic E-state index is 0.188. The second kappa shape index (κ2) is 4.65. The van der Waals surface area contributed by atoms with Crippen LogP contribution in [0.5, 0.6) is 0 Å². The SMILES string of the molecule is CCc1cn[nH]c1NC(=O)C(N)C(C)(C)C. The Labute approximate surface area is 95.8 Å². The highest BCUT2D eigenvalue weighted by atomic mass is 16.2. The zero-order chi connectivity index (χ0) is 12.3. The quantitative estimate of drug-likeness (QED) is 0.723. The summed E-state index contributed by atoms with van der Waals surface area (Å²) in [4.78, 5) is 11.8. The van der Waals surface area contributed by atoms with Gasteiger partial charge in [0, 0.05) is 5.56 Å². The Hall–Kier alpha value is -1.36. The van der Waals surface area contributed by atoms with Crippen LogP contribution in [0, 0.1) is 5.41 Å². The number of aromatic amines is 1. The van der Waals surface area contributed by atoms with Gasteiger partial charge in [0.2, 0.25) is 5.91 Å². The van der Waals surface area contributed by atoms with E-state index in [1.165, 1.54) is 0 Å². The smallest absolute Gasteiger partial charge is 0.242 e. The molecule has 0 saturated carbocycles. The minimum atomic E-state index is -0.541. The Balaban J connectivity index is 2.72. The summed E-state index contributed by atoms with van der Waals surface area (Å²) >= 11 is 0. The molecule has 1 atom stereocenters. The van der Waals surface area contributed by atoms with Gasteiger partial charge in [0.15, 0.2) is 0 Å². The molecule has 0 aromatic carbocycles. The van der Waals surface area contributed by atoms with E-state index in [9.17, 15) is 4.79 Å². The highest BCUT2D eigenvalue weighted by molar-refractivity contribution is 5.94. The second-order valence-corrected chi connectivity index (χ2v) is 4.96. The molecular formula is C11H20N4O. The first-order chi connectivity index (χ1) is 7.36. The van der Waals surface area contributed by atoms with E-state index in [-0.39, 0.29) is 11.3 Å². The molecule has 0 aliphatic carbocycles. The Morgan fingerprint density at radius 1 is 1.62 bits per heavy atom. The van der Waals surface area contributed by atoms with Gasteiger partial charge in [0.25, 0.3) is 0 Å². The average Bonchev–Trinajstić information content (AvgIpc) is 2.62. The zero-order valence-electron chi connectivity index (χ0n) is 10.3. The van der Waals surface area contributed by atoms with Crippen molar-refractivity contribution < 1.29 is 4.79 Å². The lowest BCUT2D eigenvalue weighted by Crippen LogP contribution is -2.45.